The summed E-state index contributed by atoms with van der Waals surface area (Å²) < 4.78 is 5.31. The molecule has 0 aliphatic carbocycles. The van der Waals surface area contributed by atoms with E-state index in [0.29, 0.717) is 0 Å². The predicted octanol–water partition coefficient (Wildman–Crippen LogP) is 4.78. The van der Waals surface area contributed by atoms with E-state index < -0.39 is 0 Å². The van der Waals surface area contributed by atoms with Crippen molar-refractivity contribution in [3.8, 4) is 0 Å². The Bertz CT molecular complexity index is 92.6. The van der Waals surface area contributed by atoms with E-state index in [-0.39, 0.29) is 13.2 Å². The zero-order valence-corrected chi connectivity index (χ0v) is 14.6. The second-order valence-electron chi connectivity index (χ2n) is 2.77. The molecule has 130 valence electrons. The predicted molar refractivity (Wildman–Crippen MR) is 99.8 cm³/mol. The Hall–Kier alpha value is -1.16. The largest absolute Gasteiger partial charge is 0.394 e. The molecule has 0 heterocycles. The number of rotatable bonds is 7. The fourth-order valence-corrected chi connectivity index (χ4v) is 0.595. The monoisotopic (exact) mass is 304 g/mol. The van der Waals surface area contributed by atoms with Crippen molar-refractivity contribution >= 4 is 0 Å². The van der Waals surface area contributed by atoms with Crippen molar-refractivity contribution in [2.24, 2.45) is 0 Å². The van der Waals surface area contributed by atoms with Gasteiger partial charge >= 0.3 is 0 Å². The lowest BCUT2D eigenvalue weighted by Gasteiger charge is -1.99. The molecule has 0 rings (SSSR count). The molecule has 2 N–H and O–H groups in total. The Balaban J connectivity index is -0.0000000395. The summed E-state index contributed by atoms with van der Waals surface area (Å²) in [5.41, 5.74) is 0. The average Bonchev–Trinajstić information content (AvgIpc) is 2.62. The fourth-order valence-electron chi connectivity index (χ4n) is 0.595. The number of hydrogen-bond acceptors (Lipinski definition) is 3. The molecule has 0 fully saturated rings. The number of aliphatic hydroxyl groups is 2. The third-order valence-corrected chi connectivity index (χ3v) is 1.38. The fraction of sp³-hybridized carbons (Fsp3) is 0.556. The molecule has 0 amide bonds. The molecule has 0 saturated carbocycles. The molecule has 0 aromatic heterocycles. The number of aliphatic hydroxyl groups excluding tert-OH is 2. The molecule has 0 atom stereocenters. The summed E-state index contributed by atoms with van der Waals surface area (Å²) in [6.07, 6.45) is 4.91. The standard InChI is InChI=1S/C8H18O.C2H6O2.4C2H4/c1-3-5-7-9-8-6-4-2;3-1-2-4;4*1-2/h3-8H2,1-2H3;3-4H,1-2H2;4*1-2H2. The lowest BCUT2D eigenvalue weighted by molar-refractivity contribution is 0.128. The van der Waals surface area contributed by atoms with Crippen LogP contribution in [0.15, 0.2) is 52.6 Å². The first-order chi connectivity index (χ1) is 10.3. The van der Waals surface area contributed by atoms with Crippen molar-refractivity contribution in [1.29, 1.82) is 0 Å². The Morgan fingerprint density at radius 2 is 0.857 bits per heavy atom. The Kier molecular flexibility index (Phi) is 171. The third kappa shape index (κ3) is 157. The summed E-state index contributed by atoms with van der Waals surface area (Å²) in [5, 5.41) is 15.2. The van der Waals surface area contributed by atoms with Gasteiger partial charge in [0.15, 0.2) is 0 Å². The van der Waals surface area contributed by atoms with E-state index in [9.17, 15) is 0 Å². The van der Waals surface area contributed by atoms with E-state index in [1.54, 1.807) is 0 Å². The smallest absolute Gasteiger partial charge is 0.0662 e. The van der Waals surface area contributed by atoms with Gasteiger partial charge in [-0.05, 0) is 12.8 Å². The molecule has 0 aliphatic rings. The van der Waals surface area contributed by atoms with Gasteiger partial charge in [0.2, 0.25) is 0 Å². The van der Waals surface area contributed by atoms with Gasteiger partial charge in [0, 0.05) is 13.2 Å². The number of ether oxygens (including phenoxy) is 1. The summed E-state index contributed by atoms with van der Waals surface area (Å²) in [6.45, 7) is 30.0. The molecule has 0 aromatic rings. The van der Waals surface area contributed by atoms with Gasteiger partial charge in [-0.25, -0.2) is 0 Å². The van der Waals surface area contributed by atoms with Crippen molar-refractivity contribution in [3.63, 3.8) is 0 Å². The zero-order chi connectivity index (χ0) is 18.4. The minimum Gasteiger partial charge on any atom is -0.394 e. The van der Waals surface area contributed by atoms with Gasteiger partial charge in [-0.1, -0.05) is 26.7 Å². The normalized spacial score (nSPS) is 6.48. The van der Waals surface area contributed by atoms with Crippen molar-refractivity contribution in [2.75, 3.05) is 26.4 Å². The first kappa shape index (κ1) is 36.8. The van der Waals surface area contributed by atoms with E-state index in [0.717, 1.165) is 13.2 Å². The SMILES string of the molecule is C=C.C=C.C=C.C=C.CCCCOCCCC.OCCO. The summed E-state index contributed by atoms with van der Waals surface area (Å²) >= 11 is 0. The van der Waals surface area contributed by atoms with Crippen LogP contribution in [0.3, 0.4) is 0 Å². The quantitative estimate of drug-likeness (QED) is 0.525. The van der Waals surface area contributed by atoms with Crippen molar-refractivity contribution < 1.29 is 14.9 Å². The van der Waals surface area contributed by atoms with Crippen LogP contribution in [0.4, 0.5) is 0 Å². The lowest BCUT2D eigenvalue weighted by atomic mass is 10.3. The average molecular weight is 305 g/mol. The van der Waals surface area contributed by atoms with E-state index in [1.165, 1.54) is 25.7 Å². The maximum absolute atomic E-state index is 7.62. The van der Waals surface area contributed by atoms with Gasteiger partial charge in [-0.3, -0.25) is 0 Å². The van der Waals surface area contributed by atoms with Crippen LogP contribution in [0.2, 0.25) is 0 Å². The molecule has 3 heteroatoms. The third-order valence-electron chi connectivity index (χ3n) is 1.38. The maximum atomic E-state index is 7.62. The molecule has 0 bridgehead atoms. The molecule has 3 nitrogen and oxygen atoms in total. The second-order valence-corrected chi connectivity index (χ2v) is 2.77. The van der Waals surface area contributed by atoms with Crippen molar-refractivity contribution in [3.05, 3.63) is 52.6 Å². The summed E-state index contributed by atoms with van der Waals surface area (Å²) in [5.74, 6) is 0. The van der Waals surface area contributed by atoms with Gasteiger partial charge in [-0.15, -0.1) is 52.6 Å². The van der Waals surface area contributed by atoms with Crippen LogP contribution in [-0.4, -0.2) is 36.6 Å². The van der Waals surface area contributed by atoms with Gasteiger partial charge in [-0.2, -0.15) is 0 Å². The van der Waals surface area contributed by atoms with Crippen molar-refractivity contribution in [2.45, 2.75) is 39.5 Å². The van der Waals surface area contributed by atoms with E-state index in [4.69, 9.17) is 14.9 Å². The second kappa shape index (κ2) is 97.6. The highest BCUT2D eigenvalue weighted by Gasteiger charge is 1.84. The summed E-state index contributed by atoms with van der Waals surface area (Å²) in [6, 6.07) is 0. The topological polar surface area (TPSA) is 49.7 Å². The Morgan fingerprint density at radius 3 is 1.00 bits per heavy atom. The summed E-state index contributed by atoms with van der Waals surface area (Å²) in [4.78, 5) is 0. The number of hydrogen-bond donors (Lipinski definition) is 2. The Morgan fingerprint density at radius 1 is 0.619 bits per heavy atom. The van der Waals surface area contributed by atoms with Crippen LogP contribution < -0.4 is 0 Å². The molecule has 21 heavy (non-hydrogen) atoms. The number of unbranched alkanes of at least 4 members (excludes halogenated alkanes) is 2. The van der Waals surface area contributed by atoms with Crippen LogP contribution in [0.1, 0.15) is 39.5 Å². The van der Waals surface area contributed by atoms with Crippen LogP contribution in [-0.2, 0) is 4.74 Å². The minimum atomic E-state index is -0.125. The minimum absolute atomic E-state index is 0.125. The molecular formula is C18H40O3. The first-order valence-corrected chi connectivity index (χ1v) is 7.12. The highest BCUT2D eigenvalue weighted by Crippen LogP contribution is 1.91. The van der Waals surface area contributed by atoms with Crippen LogP contribution >= 0.6 is 0 Å². The highest BCUT2D eigenvalue weighted by atomic mass is 16.5. The molecule has 0 spiro atoms. The van der Waals surface area contributed by atoms with E-state index >= 15 is 0 Å². The van der Waals surface area contributed by atoms with Gasteiger partial charge in [0.1, 0.15) is 0 Å². The molecule has 0 radical (unpaired) electrons. The van der Waals surface area contributed by atoms with E-state index in [1.807, 2.05) is 0 Å². The molecule has 0 unspecified atom stereocenters. The zero-order valence-electron chi connectivity index (χ0n) is 14.6. The van der Waals surface area contributed by atoms with Gasteiger partial charge in [0.25, 0.3) is 0 Å². The van der Waals surface area contributed by atoms with Gasteiger partial charge in [0.05, 0.1) is 13.2 Å². The molecule has 0 aliphatic heterocycles. The van der Waals surface area contributed by atoms with Gasteiger partial charge < -0.3 is 14.9 Å². The van der Waals surface area contributed by atoms with Crippen LogP contribution in [0.5, 0.6) is 0 Å². The maximum Gasteiger partial charge on any atom is 0.0662 e. The molecule has 0 saturated heterocycles. The lowest BCUT2D eigenvalue weighted by Crippen LogP contribution is -1.95. The van der Waals surface area contributed by atoms with Crippen LogP contribution in [0.25, 0.3) is 0 Å². The Labute approximate surface area is 134 Å². The van der Waals surface area contributed by atoms with Crippen LogP contribution in [0, 0.1) is 0 Å². The summed E-state index contributed by atoms with van der Waals surface area (Å²) in [7, 11) is 0. The molecule has 0 aromatic carbocycles. The van der Waals surface area contributed by atoms with Crippen molar-refractivity contribution in [1.82, 2.24) is 0 Å². The highest BCUT2D eigenvalue weighted by molar-refractivity contribution is 4.33. The molecular weight excluding hydrogens is 264 g/mol. The van der Waals surface area contributed by atoms with E-state index in [2.05, 4.69) is 66.5 Å². The first-order valence-electron chi connectivity index (χ1n) is 7.12.